The number of fused-ring (bicyclic) bond motifs is 4. The predicted molar refractivity (Wildman–Crippen MR) is 143 cm³/mol. The van der Waals surface area contributed by atoms with Gasteiger partial charge in [-0.25, -0.2) is 0 Å². The van der Waals surface area contributed by atoms with E-state index in [-0.39, 0.29) is 12.2 Å². The van der Waals surface area contributed by atoms with Gasteiger partial charge in [-0.05, 0) is 47.2 Å². The molecule has 6 rings (SSSR count). The first-order valence-electron chi connectivity index (χ1n) is 13.2. The first-order valence-corrected chi connectivity index (χ1v) is 13.2. The molecule has 2 atom stereocenters. The second kappa shape index (κ2) is 10.0. The smallest absolute Gasteiger partial charge is 0.231 e. The fourth-order valence-corrected chi connectivity index (χ4v) is 5.57. The van der Waals surface area contributed by atoms with Gasteiger partial charge in [-0.3, -0.25) is 0 Å². The molecule has 2 aliphatic rings. The molecule has 0 aliphatic carbocycles. The Morgan fingerprint density at radius 1 is 0.568 bits per heavy atom. The summed E-state index contributed by atoms with van der Waals surface area (Å²) in [6, 6.07) is 32.9. The Hall–Kier alpha value is -3.60. The Balaban J connectivity index is 1.45. The van der Waals surface area contributed by atoms with Crippen LogP contribution >= 0.6 is 0 Å². The lowest BCUT2D eigenvalue weighted by Gasteiger charge is -2.29. The van der Waals surface area contributed by atoms with Crippen LogP contribution < -0.4 is 9.47 Å². The van der Waals surface area contributed by atoms with Crippen molar-refractivity contribution in [3.8, 4) is 11.5 Å². The van der Waals surface area contributed by atoms with Crippen LogP contribution in [0.5, 0.6) is 11.5 Å². The zero-order chi connectivity index (χ0) is 25.2. The zero-order valence-corrected chi connectivity index (χ0v) is 21.4. The molecule has 0 aromatic heterocycles. The molecule has 0 saturated heterocycles. The summed E-state index contributed by atoms with van der Waals surface area (Å²) in [6.45, 7) is 5.24. The third-order valence-electron chi connectivity index (χ3n) is 7.30. The number of rotatable bonds is 8. The van der Waals surface area contributed by atoms with Gasteiger partial charge >= 0.3 is 0 Å². The van der Waals surface area contributed by atoms with Crippen LogP contribution in [0.4, 0.5) is 0 Å². The Bertz CT molecular complexity index is 1260. The minimum absolute atomic E-state index is 0.0964. The van der Waals surface area contributed by atoms with Gasteiger partial charge in [0, 0.05) is 0 Å². The van der Waals surface area contributed by atoms with Gasteiger partial charge in [-0.15, -0.1) is 0 Å². The lowest BCUT2D eigenvalue weighted by molar-refractivity contribution is -0.237. The Morgan fingerprint density at radius 2 is 1.00 bits per heavy atom. The van der Waals surface area contributed by atoms with E-state index in [0.717, 1.165) is 57.7 Å². The molecule has 0 amide bonds. The average molecular weight is 493 g/mol. The maximum Gasteiger partial charge on any atom is 0.231 e. The van der Waals surface area contributed by atoms with E-state index < -0.39 is 5.79 Å². The van der Waals surface area contributed by atoms with Crippen molar-refractivity contribution in [2.45, 2.75) is 57.9 Å². The quantitative estimate of drug-likeness (QED) is 0.250. The number of benzene rings is 4. The number of ether oxygens (including phenoxy) is 4. The van der Waals surface area contributed by atoms with Gasteiger partial charge in [0.05, 0.1) is 23.3 Å². The summed E-state index contributed by atoms with van der Waals surface area (Å²) < 4.78 is 26.7. The molecule has 1 spiro atoms. The largest absolute Gasteiger partial charge is 0.488 e. The second-order valence-electron chi connectivity index (χ2n) is 9.64. The van der Waals surface area contributed by atoms with Gasteiger partial charge in [0.2, 0.25) is 5.79 Å². The van der Waals surface area contributed by atoms with Crippen LogP contribution in [0, 0.1) is 0 Å². The zero-order valence-electron chi connectivity index (χ0n) is 21.4. The standard InChI is InChI=1S/C33H32O4/c1-3-27-25-17-11-19-29(34-21-23-13-7-5-8-14-23)31(25)33(36-27)32-26(28(4-2)37-33)18-12-20-30(32)35-22-24-15-9-6-10-16-24/h5-20,27-28H,3-4,21-22H2,1-2H3/t27-,28-,33?/m1/s1. The van der Waals surface area contributed by atoms with E-state index in [1.165, 1.54) is 0 Å². The summed E-state index contributed by atoms with van der Waals surface area (Å²) in [7, 11) is 0. The highest BCUT2D eigenvalue weighted by Gasteiger charge is 2.57. The summed E-state index contributed by atoms with van der Waals surface area (Å²) in [4.78, 5) is 0. The minimum atomic E-state index is -1.08. The molecule has 4 nitrogen and oxygen atoms in total. The van der Waals surface area contributed by atoms with Crippen molar-refractivity contribution in [1.82, 2.24) is 0 Å². The maximum atomic E-state index is 6.89. The lowest BCUT2D eigenvalue weighted by atomic mass is 9.90. The molecule has 0 N–H and O–H groups in total. The van der Waals surface area contributed by atoms with E-state index in [4.69, 9.17) is 18.9 Å². The lowest BCUT2D eigenvalue weighted by Crippen LogP contribution is -2.28. The molecule has 188 valence electrons. The van der Waals surface area contributed by atoms with Crippen LogP contribution in [0.1, 0.15) is 72.3 Å². The summed E-state index contributed by atoms with van der Waals surface area (Å²) in [5.41, 5.74) is 6.40. The predicted octanol–water partition coefficient (Wildman–Crippen LogP) is 8.01. The van der Waals surface area contributed by atoms with E-state index in [2.05, 4.69) is 62.4 Å². The van der Waals surface area contributed by atoms with Gasteiger partial charge in [0.15, 0.2) is 0 Å². The Kier molecular flexibility index (Phi) is 6.45. The molecule has 2 heterocycles. The topological polar surface area (TPSA) is 36.9 Å². The van der Waals surface area contributed by atoms with Crippen molar-refractivity contribution in [2.75, 3.05) is 0 Å². The highest BCUT2D eigenvalue weighted by atomic mass is 16.7. The minimum Gasteiger partial charge on any atom is -0.488 e. The molecule has 0 radical (unpaired) electrons. The van der Waals surface area contributed by atoms with Gasteiger partial charge in [0.25, 0.3) is 0 Å². The fraction of sp³-hybridized carbons (Fsp3) is 0.273. The first kappa shape index (κ1) is 23.8. The van der Waals surface area contributed by atoms with E-state index >= 15 is 0 Å². The molecular formula is C33H32O4. The molecule has 0 saturated carbocycles. The first-order chi connectivity index (χ1) is 18.2. The van der Waals surface area contributed by atoms with Crippen molar-refractivity contribution in [3.63, 3.8) is 0 Å². The number of hydrogen-bond acceptors (Lipinski definition) is 4. The summed E-state index contributed by atoms with van der Waals surface area (Å²) in [6.07, 6.45) is 1.47. The second-order valence-corrected chi connectivity index (χ2v) is 9.64. The molecule has 0 bridgehead atoms. The van der Waals surface area contributed by atoms with E-state index in [9.17, 15) is 0 Å². The summed E-state index contributed by atoms with van der Waals surface area (Å²) in [5, 5.41) is 0. The van der Waals surface area contributed by atoms with Crippen molar-refractivity contribution in [3.05, 3.63) is 130 Å². The molecule has 4 aromatic rings. The van der Waals surface area contributed by atoms with Crippen LogP contribution in [-0.2, 0) is 28.5 Å². The van der Waals surface area contributed by atoms with Crippen LogP contribution in [0.2, 0.25) is 0 Å². The van der Waals surface area contributed by atoms with Gasteiger partial charge in [-0.2, -0.15) is 0 Å². The molecule has 37 heavy (non-hydrogen) atoms. The highest BCUT2D eigenvalue weighted by Crippen LogP contribution is 2.61. The normalized spacial score (nSPS) is 19.0. The molecule has 4 aromatic carbocycles. The van der Waals surface area contributed by atoms with E-state index in [1.54, 1.807) is 0 Å². The number of hydrogen-bond donors (Lipinski definition) is 0. The van der Waals surface area contributed by atoms with E-state index in [0.29, 0.717) is 13.2 Å². The van der Waals surface area contributed by atoms with E-state index in [1.807, 2.05) is 48.5 Å². The molecule has 0 unspecified atom stereocenters. The van der Waals surface area contributed by atoms with Crippen molar-refractivity contribution in [2.24, 2.45) is 0 Å². The Morgan fingerprint density at radius 3 is 1.41 bits per heavy atom. The van der Waals surface area contributed by atoms with Gasteiger partial charge in [-0.1, -0.05) is 98.8 Å². The van der Waals surface area contributed by atoms with Crippen LogP contribution in [0.3, 0.4) is 0 Å². The van der Waals surface area contributed by atoms with Gasteiger partial charge < -0.3 is 18.9 Å². The monoisotopic (exact) mass is 492 g/mol. The fourth-order valence-electron chi connectivity index (χ4n) is 5.57. The summed E-state index contributed by atoms with van der Waals surface area (Å²) in [5.74, 6) is 0.503. The summed E-state index contributed by atoms with van der Waals surface area (Å²) >= 11 is 0. The average Bonchev–Trinajstić information content (AvgIpc) is 3.47. The molecule has 2 aliphatic heterocycles. The maximum absolute atomic E-state index is 6.89. The molecule has 0 fully saturated rings. The SMILES string of the molecule is CC[C@H]1OC2(O[C@H](CC)c3cccc(OCc4ccccc4)c32)c2c(OCc3ccccc3)cccc21. The Labute approximate surface area is 218 Å². The van der Waals surface area contributed by atoms with Crippen molar-refractivity contribution in [1.29, 1.82) is 0 Å². The molecular weight excluding hydrogens is 460 g/mol. The van der Waals surface area contributed by atoms with Crippen LogP contribution in [0.25, 0.3) is 0 Å². The van der Waals surface area contributed by atoms with Crippen LogP contribution in [-0.4, -0.2) is 0 Å². The highest BCUT2D eigenvalue weighted by molar-refractivity contribution is 5.59. The van der Waals surface area contributed by atoms with Crippen molar-refractivity contribution < 1.29 is 18.9 Å². The van der Waals surface area contributed by atoms with Crippen molar-refractivity contribution >= 4 is 0 Å². The van der Waals surface area contributed by atoms with Crippen LogP contribution in [0.15, 0.2) is 97.1 Å². The molecule has 4 heteroatoms. The third-order valence-corrected chi connectivity index (χ3v) is 7.30. The van der Waals surface area contributed by atoms with Gasteiger partial charge in [0.1, 0.15) is 24.7 Å². The third kappa shape index (κ3) is 4.20.